The van der Waals surface area contributed by atoms with E-state index in [9.17, 15) is 53.1 Å². The first-order valence-corrected chi connectivity index (χ1v) is 39.3. The van der Waals surface area contributed by atoms with Crippen LogP contribution >= 0.6 is 0 Å². The number of likely N-dealkylation sites (N-methyl/N-ethyl adjacent to an activating group) is 1. The van der Waals surface area contributed by atoms with Crippen molar-refractivity contribution in [1.29, 1.82) is 0 Å². The van der Waals surface area contributed by atoms with Crippen molar-refractivity contribution in [2.24, 2.45) is 40.2 Å². The molecule has 5 aromatic rings. The van der Waals surface area contributed by atoms with Gasteiger partial charge in [0.1, 0.15) is 18.1 Å². The number of nitrogen functional groups attached to an aromatic ring is 1. The van der Waals surface area contributed by atoms with E-state index in [2.05, 4.69) is 66.0 Å². The molecule has 0 radical (unpaired) electrons. The number of amides is 9. The molecule has 9 N–H and O–H groups in total. The molecule has 1 heterocycles. The Bertz CT molecular complexity index is 4290. The summed E-state index contributed by atoms with van der Waals surface area (Å²) in [6, 6.07) is 32.1. The zero-order valence-electron chi connectivity index (χ0n) is 65.4. The summed E-state index contributed by atoms with van der Waals surface area (Å²) in [5.74, 6) is 3.57. The minimum absolute atomic E-state index is 0.00466. The molecule has 0 aromatic heterocycles. The summed E-state index contributed by atoms with van der Waals surface area (Å²) < 4.78 is 23.1. The first kappa shape index (κ1) is 83.5. The second kappa shape index (κ2) is 37.8. The van der Waals surface area contributed by atoms with Crippen LogP contribution in [0.5, 0.6) is 5.75 Å². The van der Waals surface area contributed by atoms with Gasteiger partial charge in [-0.2, -0.15) is 0 Å². The van der Waals surface area contributed by atoms with Crippen molar-refractivity contribution >= 4 is 70.7 Å². The Balaban J connectivity index is 0.669. The van der Waals surface area contributed by atoms with Crippen molar-refractivity contribution in [3.8, 4) is 17.6 Å². The van der Waals surface area contributed by atoms with Gasteiger partial charge in [0.2, 0.25) is 29.5 Å². The minimum atomic E-state index is -0.978. The number of benzene rings is 5. The number of aryl methyl sites for hydroxylation is 2. The standard InChI is InChI=1S/C87H111N9O15/c1-57(2)68(53-66(98)36-47-108-48-42-90-76(100)34-35-77(101)96-55-64-17-9-8-15-60(64)24-25-63-16-10-11-19-72(63)96)78(102)92-71(18-12-41-91-81(89)105)73(99)51-58-20-22-59(23-21-58)56-110-82(106)94(7)43-44-95(45-49-109-50-46-97)83(107)111-67-31-27-62-29-33-75-85(4,70(62)54-67)38-14-40-87(75,6)80(104)93-79(103)86(5)39-13-37-84(3)69-52-65(88)30-26-61(69)28-32-74(84)86/h8-11,15-17,19-23,26-27,30-31,52,54,57,68,71,74-75,97H,12-14,18,28-29,32-51,53,55-56,88H2,1-7H3,(H,90,100)(H,92,102)(H3,89,91,105)(H,93,103,104)/t68-,71-,74+,75+,84+,85+,86-,87-/m0/s1. The molecule has 4 aliphatic carbocycles. The van der Waals surface area contributed by atoms with E-state index in [0.29, 0.717) is 60.5 Å². The van der Waals surface area contributed by atoms with E-state index < -0.39 is 52.3 Å². The SMILES string of the molecule is CC(C)[C@H](CC(=O)CCOCCNC(=O)CCC(=O)N1Cc2ccccc2C#Cc2ccccc21)C(=O)N[C@@H](CCCNC(N)=O)C(=O)Cc1ccc(COC(=O)N(C)CCN(CCOCCO)C(=O)Oc2ccc3c(c2)[C@@]2(C)CCC[C@](C)(C(=O)NC(=O)[C@@]4(C)CCC[C@]5(C)c6cc(N)ccc6CC[C@@H]45)[C@@H]2CC3)cc1. The molecule has 5 aromatic carbocycles. The fraction of sp³-hybridized carbons (Fsp3) is 0.517. The van der Waals surface area contributed by atoms with Gasteiger partial charge in [-0.05, 0) is 174 Å². The average Bonchev–Trinajstić information content (AvgIpc) is 0.722. The molecule has 0 spiro atoms. The molecule has 0 saturated heterocycles. The number of Topliss-reactive ketones (excluding diaryl/α,β-unsaturated/α-hetero) is 2. The zero-order valence-corrected chi connectivity index (χ0v) is 65.4. The van der Waals surface area contributed by atoms with Crippen molar-refractivity contribution in [2.75, 3.05) is 83.4 Å². The lowest BCUT2D eigenvalue weighted by atomic mass is 9.49. The number of aliphatic hydroxyl groups excluding tert-OH is 1. The van der Waals surface area contributed by atoms with Crippen LogP contribution < -0.4 is 42.4 Å². The van der Waals surface area contributed by atoms with E-state index in [1.165, 1.54) is 20.9 Å². The predicted octanol–water partition coefficient (Wildman–Crippen LogP) is 10.2. The van der Waals surface area contributed by atoms with Crippen LogP contribution in [0, 0.1) is 46.3 Å². The molecular formula is C87H111N9O15. The molecular weight excluding hydrogens is 1410 g/mol. The smallest absolute Gasteiger partial charge is 0.415 e. The van der Waals surface area contributed by atoms with Gasteiger partial charge in [0.05, 0.1) is 62.1 Å². The van der Waals surface area contributed by atoms with Gasteiger partial charge in [-0.1, -0.05) is 133 Å². The molecule has 1 aliphatic heterocycles. The van der Waals surface area contributed by atoms with Gasteiger partial charge >= 0.3 is 18.2 Å². The summed E-state index contributed by atoms with van der Waals surface area (Å²) in [5.41, 5.74) is 19.0. The third kappa shape index (κ3) is 20.6. The Morgan fingerprint density at radius 3 is 1.96 bits per heavy atom. The van der Waals surface area contributed by atoms with Crippen molar-refractivity contribution in [3.63, 3.8) is 0 Å². The molecule has 2 saturated carbocycles. The van der Waals surface area contributed by atoms with Gasteiger partial charge in [-0.25, -0.2) is 14.4 Å². The van der Waals surface area contributed by atoms with Crippen LogP contribution in [-0.2, 0) is 91.0 Å². The summed E-state index contributed by atoms with van der Waals surface area (Å²) in [7, 11) is 1.54. The number of imide groups is 1. The van der Waals surface area contributed by atoms with Gasteiger partial charge in [-0.15, -0.1) is 0 Å². The molecule has 0 bridgehead atoms. The topological polar surface area (TPSA) is 338 Å². The quantitative estimate of drug-likeness (QED) is 0.00871. The fourth-order valence-corrected chi connectivity index (χ4v) is 17.7. The number of ether oxygens (including phenoxy) is 4. The van der Waals surface area contributed by atoms with E-state index in [-0.39, 0.29) is 169 Å². The molecule has 0 unspecified atom stereocenters. The summed E-state index contributed by atoms with van der Waals surface area (Å²) in [6.07, 6.45) is 6.73. The maximum atomic E-state index is 14.9. The number of rotatable bonds is 34. The number of aliphatic hydroxyl groups is 1. The van der Waals surface area contributed by atoms with Crippen LogP contribution in [0.3, 0.4) is 0 Å². The van der Waals surface area contributed by atoms with Crippen LogP contribution in [0.25, 0.3) is 0 Å². The maximum absolute atomic E-state index is 14.9. The number of primary amides is 1. The Morgan fingerprint density at radius 1 is 0.658 bits per heavy atom. The van der Waals surface area contributed by atoms with Crippen molar-refractivity contribution < 1.29 is 72.0 Å². The number of hydrogen-bond acceptors (Lipinski definition) is 16. The summed E-state index contributed by atoms with van der Waals surface area (Å²) in [4.78, 5) is 141. The number of nitrogens with one attached hydrogen (secondary N) is 4. The third-order valence-electron chi connectivity index (χ3n) is 24.1. The lowest BCUT2D eigenvalue weighted by Crippen LogP contribution is -2.60. The van der Waals surface area contributed by atoms with Crippen LogP contribution in [0.4, 0.5) is 25.8 Å². The number of nitrogens with two attached hydrogens (primary N) is 2. The molecule has 10 rings (SSSR count). The Hall–Kier alpha value is -9.96. The van der Waals surface area contributed by atoms with Crippen molar-refractivity contribution in [1.82, 2.24) is 31.1 Å². The highest BCUT2D eigenvalue weighted by molar-refractivity contribution is 6.01. The number of anilines is 2. The minimum Gasteiger partial charge on any atom is -0.445 e. The van der Waals surface area contributed by atoms with E-state index in [1.54, 1.807) is 42.3 Å². The highest BCUT2D eigenvalue weighted by Gasteiger charge is 2.59. The summed E-state index contributed by atoms with van der Waals surface area (Å²) in [6.45, 7) is 12.9. The number of ketones is 2. The van der Waals surface area contributed by atoms with Crippen molar-refractivity contribution in [3.05, 3.63) is 159 Å². The normalized spacial score (nSPS) is 21.1. The van der Waals surface area contributed by atoms with E-state index in [4.69, 9.17) is 30.4 Å². The van der Waals surface area contributed by atoms with E-state index >= 15 is 0 Å². The highest BCUT2D eigenvalue weighted by Crippen LogP contribution is 2.60. The molecule has 111 heavy (non-hydrogen) atoms. The lowest BCUT2D eigenvalue weighted by molar-refractivity contribution is -0.150. The van der Waals surface area contributed by atoms with Crippen LogP contribution in [0.1, 0.15) is 182 Å². The van der Waals surface area contributed by atoms with Crippen molar-refractivity contribution in [2.45, 2.75) is 181 Å². The second-order valence-corrected chi connectivity index (χ2v) is 31.9. The van der Waals surface area contributed by atoms with Gasteiger partial charge in [-0.3, -0.25) is 38.9 Å². The Labute approximate surface area is 651 Å². The average molecular weight is 1520 g/mol. The number of carbonyl (C=O) groups is 10. The van der Waals surface area contributed by atoms with E-state index in [1.807, 2.05) is 87.5 Å². The summed E-state index contributed by atoms with van der Waals surface area (Å²) >= 11 is 0. The maximum Gasteiger partial charge on any atom is 0.415 e. The lowest BCUT2D eigenvalue weighted by Gasteiger charge is -2.56. The Kier molecular flexibility index (Phi) is 28.5. The number of carbonyl (C=O) groups excluding carboxylic acids is 10. The Morgan fingerprint density at radius 2 is 1.29 bits per heavy atom. The molecule has 8 atom stereocenters. The number of hydrogen-bond donors (Lipinski definition) is 7. The number of nitrogens with zero attached hydrogens (tertiary/aromatic N) is 3. The monoisotopic (exact) mass is 1520 g/mol. The predicted molar refractivity (Wildman–Crippen MR) is 421 cm³/mol. The summed E-state index contributed by atoms with van der Waals surface area (Å²) in [5, 5.41) is 20.7. The van der Waals surface area contributed by atoms with Gasteiger partial charge in [0, 0.05) is 94.6 Å². The van der Waals surface area contributed by atoms with Crippen LogP contribution in [-0.4, -0.2) is 153 Å². The molecule has 2 fully saturated rings. The highest BCUT2D eigenvalue weighted by atomic mass is 16.6. The zero-order chi connectivity index (χ0) is 79.6. The number of para-hydroxylation sites is 1. The molecule has 594 valence electrons. The van der Waals surface area contributed by atoms with Gasteiger partial charge in [0.15, 0.2) is 5.78 Å². The first-order chi connectivity index (χ1) is 53.1. The molecule has 5 aliphatic rings. The fourth-order valence-electron chi connectivity index (χ4n) is 17.7. The van der Waals surface area contributed by atoms with Crippen LogP contribution in [0.15, 0.2) is 109 Å². The second-order valence-electron chi connectivity index (χ2n) is 31.9. The first-order valence-electron chi connectivity index (χ1n) is 39.3. The van der Waals surface area contributed by atoms with E-state index in [0.717, 1.165) is 72.8 Å². The molecule has 9 amide bonds. The molecule has 24 nitrogen and oxygen atoms in total. The number of urea groups is 1. The number of fused-ring (bicyclic) bond motifs is 8. The van der Waals surface area contributed by atoms with Gasteiger partial charge < -0.3 is 66.2 Å². The van der Waals surface area contributed by atoms with Gasteiger partial charge in [0.25, 0.3) is 0 Å². The third-order valence-corrected chi connectivity index (χ3v) is 24.1. The largest absolute Gasteiger partial charge is 0.445 e. The molecule has 24 heteroatoms. The van der Waals surface area contributed by atoms with Crippen LogP contribution in [0.2, 0.25) is 0 Å².